The fourth-order valence-corrected chi connectivity index (χ4v) is 6.32. The third-order valence-electron chi connectivity index (χ3n) is 6.96. The van der Waals surface area contributed by atoms with Crippen LogP contribution in [0.25, 0.3) is 28.2 Å². The van der Waals surface area contributed by atoms with Crippen LogP contribution < -0.4 is 0 Å². The minimum Gasteiger partial charge on any atom is -0.508 e. The Kier molecular flexibility index (Phi) is 6.35. The van der Waals surface area contributed by atoms with Gasteiger partial charge in [-0.05, 0) is 54.5 Å². The Morgan fingerprint density at radius 1 is 0.778 bits per heavy atom. The summed E-state index contributed by atoms with van der Waals surface area (Å²) in [5.41, 5.74) is 7.93. The van der Waals surface area contributed by atoms with Crippen LogP contribution in [0.2, 0.25) is 0 Å². The van der Waals surface area contributed by atoms with Crippen LogP contribution in [-0.2, 0) is 12.8 Å². The standard InChI is InChI=1S/C32H28N2OS/c35-29-18-10-15-26-21-23(19-20-28(26)29)22-36-32-33-30(24-11-4-1-5-12-24)31(25-13-6-2-7-14-25)34(32)27-16-8-3-9-17-27/h1-18,23,35H,19-22H2. The van der Waals surface area contributed by atoms with Gasteiger partial charge in [0.1, 0.15) is 5.75 Å². The molecule has 1 atom stereocenters. The number of phenols is 1. The number of hydrogen-bond donors (Lipinski definition) is 1. The van der Waals surface area contributed by atoms with Crippen molar-refractivity contribution in [3.05, 3.63) is 120 Å². The molecule has 0 aliphatic heterocycles. The van der Waals surface area contributed by atoms with Crippen molar-refractivity contribution in [3.8, 4) is 34.0 Å². The van der Waals surface area contributed by atoms with Gasteiger partial charge in [0.2, 0.25) is 0 Å². The van der Waals surface area contributed by atoms with Gasteiger partial charge in [-0.3, -0.25) is 4.57 Å². The molecule has 1 aliphatic rings. The molecular formula is C32H28N2OS. The van der Waals surface area contributed by atoms with Gasteiger partial charge in [-0.25, -0.2) is 4.98 Å². The summed E-state index contributed by atoms with van der Waals surface area (Å²) < 4.78 is 2.32. The van der Waals surface area contributed by atoms with Crippen molar-refractivity contribution in [1.29, 1.82) is 0 Å². The lowest BCUT2D eigenvalue weighted by atomic mass is 9.84. The predicted molar refractivity (Wildman–Crippen MR) is 149 cm³/mol. The highest BCUT2D eigenvalue weighted by molar-refractivity contribution is 7.99. The number of benzene rings is 4. The van der Waals surface area contributed by atoms with Crippen LogP contribution in [0.15, 0.2) is 114 Å². The van der Waals surface area contributed by atoms with E-state index < -0.39 is 0 Å². The Bertz CT molecular complexity index is 1460. The number of imidazole rings is 1. The number of rotatable bonds is 6. The maximum absolute atomic E-state index is 10.2. The van der Waals surface area contributed by atoms with Gasteiger partial charge in [-0.2, -0.15) is 0 Å². The second-order valence-electron chi connectivity index (χ2n) is 9.33. The van der Waals surface area contributed by atoms with E-state index in [0.29, 0.717) is 11.7 Å². The van der Waals surface area contributed by atoms with Crippen molar-refractivity contribution in [2.75, 3.05) is 5.75 Å². The second-order valence-corrected chi connectivity index (χ2v) is 10.3. The Morgan fingerprint density at radius 2 is 1.44 bits per heavy atom. The fourth-order valence-electron chi connectivity index (χ4n) is 5.17. The normalized spacial score (nSPS) is 14.9. The summed E-state index contributed by atoms with van der Waals surface area (Å²) in [5.74, 6) is 1.98. The molecule has 0 fully saturated rings. The molecule has 36 heavy (non-hydrogen) atoms. The number of nitrogens with zero attached hydrogens (tertiary/aromatic N) is 2. The molecule has 1 aliphatic carbocycles. The molecule has 0 radical (unpaired) electrons. The van der Waals surface area contributed by atoms with Crippen LogP contribution in [-0.4, -0.2) is 20.4 Å². The van der Waals surface area contributed by atoms with Gasteiger partial charge in [-0.1, -0.05) is 103 Å². The topological polar surface area (TPSA) is 38.1 Å². The van der Waals surface area contributed by atoms with E-state index in [0.717, 1.165) is 63.9 Å². The molecule has 0 saturated heterocycles. The molecule has 0 spiro atoms. The molecule has 0 saturated carbocycles. The number of thioether (sulfide) groups is 1. The van der Waals surface area contributed by atoms with Gasteiger partial charge >= 0.3 is 0 Å². The molecule has 1 N–H and O–H groups in total. The van der Waals surface area contributed by atoms with Crippen molar-refractivity contribution in [1.82, 2.24) is 9.55 Å². The minimum absolute atomic E-state index is 0.443. The summed E-state index contributed by atoms with van der Waals surface area (Å²) in [6, 6.07) is 37.6. The summed E-state index contributed by atoms with van der Waals surface area (Å²) in [7, 11) is 0. The largest absolute Gasteiger partial charge is 0.508 e. The molecular weight excluding hydrogens is 460 g/mol. The zero-order chi connectivity index (χ0) is 24.3. The third kappa shape index (κ3) is 4.45. The van der Waals surface area contributed by atoms with Gasteiger partial charge in [0.15, 0.2) is 5.16 Å². The van der Waals surface area contributed by atoms with E-state index in [1.165, 1.54) is 5.56 Å². The van der Waals surface area contributed by atoms with Gasteiger partial charge in [-0.15, -0.1) is 0 Å². The zero-order valence-corrected chi connectivity index (χ0v) is 20.9. The maximum Gasteiger partial charge on any atom is 0.173 e. The summed E-state index contributed by atoms with van der Waals surface area (Å²) >= 11 is 1.84. The average molecular weight is 489 g/mol. The average Bonchev–Trinajstić information content (AvgIpc) is 3.33. The highest BCUT2D eigenvalue weighted by Crippen LogP contribution is 2.40. The smallest absolute Gasteiger partial charge is 0.173 e. The highest BCUT2D eigenvalue weighted by atomic mass is 32.2. The van der Waals surface area contributed by atoms with E-state index in [1.807, 2.05) is 23.9 Å². The van der Waals surface area contributed by atoms with E-state index in [4.69, 9.17) is 4.98 Å². The lowest BCUT2D eigenvalue weighted by Crippen LogP contribution is -2.16. The number of phenolic OH excluding ortho intramolecular Hbond substituents is 1. The number of para-hydroxylation sites is 1. The van der Waals surface area contributed by atoms with Crippen LogP contribution in [0.5, 0.6) is 5.75 Å². The van der Waals surface area contributed by atoms with E-state index >= 15 is 0 Å². The van der Waals surface area contributed by atoms with Crippen LogP contribution in [0.3, 0.4) is 0 Å². The first-order valence-electron chi connectivity index (χ1n) is 12.5. The first-order valence-corrected chi connectivity index (χ1v) is 13.5. The van der Waals surface area contributed by atoms with Crippen molar-refractivity contribution in [2.24, 2.45) is 5.92 Å². The number of aromatic nitrogens is 2. The Hall–Kier alpha value is -3.76. The lowest BCUT2D eigenvalue weighted by Gasteiger charge is -2.25. The molecule has 4 aromatic carbocycles. The summed E-state index contributed by atoms with van der Waals surface area (Å²) in [6.07, 6.45) is 3.02. The number of fused-ring (bicyclic) bond motifs is 1. The Morgan fingerprint density at radius 3 is 2.17 bits per heavy atom. The molecule has 4 heteroatoms. The Balaban J connectivity index is 1.41. The van der Waals surface area contributed by atoms with E-state index in [9.17, 15) is 5.11 Å². The molecule has 6 rings (SSSR count). The van der Waals surface area contributed by atoms with Gasteiger partial charge < -0.3 is 5.11 Å². The van der Waals surface area contributed by atoms with E-state index in [-0.39, 0.29) is 0 Å². The molecule has 1 heterocycles. The number of hydrogen-bond acceptors (Lipinski definition) is 3. The summed E-state index contributed by atoms with van der Waals surface area (Å²) in [4.78, 5) is 5.26. The van der Waals surface area contributed by atoms with Gasteiger partial charge in [0.05, 0.1) is 11.4 Å². The summed E-state index contributed by atoms with van der Waals surface area (Å²) in [6.45, 7) is 0. The van der Waals surface area contributed by atoms with E-state index in [1.54, 1.807) is 6.07 Å². The first kappa shape index (κ1) is 22.7. The lowest BCUT2D eigenvalue weighted by molar-refractivity contribution is 0.446. The second kappa shape index (κ2) is 10.1. The van der Waals surface area contributed by atoms with Crippen molar-refractivity contribution >= 4 is 11.8 Å². The molecule has 1 aromatic heterocycles. The van der Waals surface area contributed by atoms with Crippen LogP contribution in [0.4, 0.5) is 0 Å². The number of aromatic hydroxyl groups is 1. The zero-order valence-electron chi connectivity index (χ0n) is 20.0. The van der Waals surface area contributed by atoms with Gasteiger partial charge in [0.25, 0.3) is 0 Å². The third-order valence-corrected chi connectivity index (χ3v) is 8.13. The van der Waals surface area contributed by atoms with E-state index in [2.05, 4.69) is 95.6 Å². The monoisotopic (exact) mass is 488 g/mol. The maximum atomic E-state index is 10.2. The van der Waals surface area contributed by atoms with Crippen LogP contribution in [0, 0.1) is 5.92 Å². The van der Waals surface area contributed by atoms with Crippen molar-refractivity contribution in [3.63, 3.8) is 0 Å². The predicted octanol–water partition coefficient (Wildman–Crippen LogP) is 7.81. The van der Waals surface area contributed by atoms with Crippen molar-refractivity contribution in [2.45, 2.75) is 24.4 Å². The minimum atomic E-state index is 0.443. The molecule has 178 valence electrons. The molecule has 0 amide bonds. The van der Waals surface area contributed by atoms with Gasteiger partial charge in [0, 0.05) is 22.6 Å². The summed E-state index contributed by atoms with van der Waals surface area (Å²) in [5, 5.41) is 11.3. The fraction of sp³-hybridized carbons (Fsp3) is 0.156. The molecule has 1 unspecified atom stereocenters. The van der Waals surface area contributed by atoms with Crippen LogP contribution >= 0.6 is 11.8 Å². The molecule has 5 aromatic rings. The SMILES string of the molecule is Oc1cccc2c1CCC(CSc1nc(-c3ccccc3)c(-c3ccccc3)n1-c1ccccc1)C2. The highest BCUT2D eigenvalue weighted by Gasteiger charge is 2.25. The molecule has 0 bridgehead atoms. The van der Waals surface area contributed by atoms with Crippen molar-refractivity contribution < 1.29 is 5.11 Å². The quantitative estimate of drug-likeness (QED) is 0.248. The first-order chi connectivity index (χ1) is 17.8. The molecule has 3 nitrogen and oxygen atoms in total. The Labute approximate surface area is 216 Å². The van der Waals surface area contributed by atoms with Crippen LogP contribution in [0.1, 0.15) is 17.5 Å².